The fraction of sp³-hybridized carbons (Fsp3) is 0.125. The number of carbonyl (C=O) groups excluding carboxylic acids is 1. The largest absolute Gasteiger partial charge is 0.497 e. The molecule has 5 nitrogen and oxygen atoms in total. The third-order valence-corrected chi connectivity index (χ3v) is 3.65. The highest BCUT2D eigenvalue weighted by molar-refractivity contribution is 9.10. The lowest BCUT2D eigenvalue weighted by Gasteiger charge is -2.04. The maximum absolute atomic E-state index is 11.9. The summed E-state index contributed by atoms with van der Waals surface area (Å²) in [5, 5.41) is 3.96. The molecule has 0 heterocycles. The molecule has 0 bridgehead atoms. The lowest BCUT2D eigenvalue weighted by atomic mass is 10.2. The zero-order valence-corrected chi connectivity index (χ0v) is 13.8. The molecule has 0 fully saturated rings. The van der Waals surface area contributed by atoms with Crippen LogP contribution in [0.4, 0.5) is 0 Å². The Morgan fingerprint density at radius 2 is 1.73 bits per heavy atom. The number of carbonyl (C=O) groups is 1. The third-order valence-electron chi connectivity index (χ3n) is 2.93. The summed E-state index contributed by atoms with van der Waals surface area (Å²) >= 11 is 3.41. The first-order valence-corrected chi connectivity index (χ1v) is 7.24. The number of nitrogens with one attached hydrogen (secondary N) is 1. The van der Waals surface area contributed by atoms with Crippen molar-refractivity contribution in [3.05, 3.63) is 58.1 Å². The number of nitrogens with zero attached hydrogens (tertiary/aromatic N) is 1. The monoisotopic (exact) mass is 362 g/mol. The second-order valence-corrected chi connectivity index (χ2v) is 5.17. The number of benzene rings is 2. The van der Waals surface area contributed by atoms with Crippen molar-refractivity contribution in [1.82, 2.24) is 5.43 Å². The van der Waals surface area contributed by atoms with Gasteiger partial charge in [0.05, 0.1) is 20.4 Å². The third kappa shape index (κ3) is 4.08. The number of amides is 1. The molecule has 2 aromatic rings. The summed E-state index contributed by atoms with van der Waals surface area (Å²) in [6.07, 6.45) is 1.55. The average Bonchev–Trinajstić information content (AvgIpc) is 2.56. The van der Waals surface area contributed by atoms with E-state index in [2.05, 4.69) is 26.5 Å². The summed E-state index contributed by atoms with van der Waals surface area (Å²) in [6.45, 7) is 0. The van der Waals surface area contributed by atoms with Gasteiger partial charge in [0.1, 0.15) is 11.5 Å². The number of ether oxygens (including phenoxy) is 2. The van der Waals surface area contributed by atoms with E-state index in [1.54, 1.807) is 44.7 Å². The van der Waals surface area contributed by atoms with Crippen LogP contribution >= 0.6 is 15.9 Å². The first-order valence-electron chi connectivity index (χ1n) is 6.45. The van der Waals surface area contributed by atoms with E-state index in [9.17, 15) is 4.79 Å². The molecule has 0 saturated heterocycles. The van der Waals surface area contributed by atoms with Crippen LogP contribution in [0.2, 0.25) is 0 Å². The van der Waals surface area contributed by atoms with Crippen LogP contribution in [-0.4, -0.2) is 26.3 Å². The Morgan fingerprint density at radius 1 is 1.09 bits per heavy atom. The smallest absolute Gasteiger partial charge is 0.271 e. The molecule has 1 N–H and O–H groups in total. The van der Waals surface area contributed by atoms with Crippen LogP contribution in [0, 0.1) is 0 Å². The molecule has 114 valence electrons. The molecule has 0 radical (unpaired) electrons. The Hall–Kier alpha value is -2.34. The number of methoxy groups -OCH3 is 2. The van der Waals surface area contributed by atoms with Gasteiger partial charge >= 0.3 is 0 Å². The van der Waals surface area contributed by atoms with Gasteiger partial charge in [-0.25, -0.2) is 5.43 Å². The number of hydrogen-bond donors (Lipinski definition) is 1. The molecule has 0 aliphatic rings. The number of halogens is 1. The second-order valence-electron chi connectivity index (χ2n) is 4.32. The van der Waals surface area contributed by atoms with Crippen LogP contribution < -0.4 is 14.9 Å². The normalized spacial score (nSPS) is 10.5. The standard InChI is InChI=1S/C16H15BrN2O3/c1-21-13-5-3-11(4-6-13)16(20)19-18-10-12-9-14(22-2)7-8-15(12)17/h3-10H,1-2H3,(H,19,20)/b18-10+. The summed E-state index contributed by atoms with van der Waals surface area (Å²) in [7, 11) is 3.17. The van der Waals surface area contributed by atoms with Crippen LogP contribution in [0.1, 0.15) is 15.9 Å². The molecule has 0 aliphatic heterocycles. The molecule has 6 heteroatoms. The van der Waals surface area contributed by atoms with Crippen LogP contribution in [0.15, 0.2) is 52.0 Å². The van der Waals surface area contributed by atoms with Crippen molar-refractivity contribution in [2.45, 2.75) is 0 Å². The van der Waals surface area contributed by atoms with Crippen molar-refractivity contribution in [1.29, 1.82) is 0 Å². The van der Waals surface area contributed by atoms with E-state index in [4.69, 9.17) is 9.47 Å². The fourth-order valence-corrected chi connectivity index (χ4v) is 2.06. The highest BCUT2D eigenvalue weighted by atomic mass is 79.9. The second kappa shape index (κ2) is 7.61. The maximum atomic E-state index is 11.9. The van der Waals surface area contributed by atoms with Gasteiger partial charge in [0.15, 0.2) is 0 Å². The zero-order chi connectivity index (χ0) is 15.9. The Kier molecular flexibility index (Phi) is 5.55. The Morgan fingerprint density at radius 3 is 2.36 bits per heavy atom. The van der Waals surface area contributed by atoms with Crippen molar-refractivity contribution >= 4 is 28.1 Å². The molecule has 2 aromatic carbocycles. The highest BCUT2D eigenvalue weighted by Gasteiger charge is 2.04. The maximum Gasteiger partial charge on any atom is 0.271 e. The van der Waals surface area contributed by atoms with Gasteiger partial charge in [-0.1, -0.05) is 15.9 Å². The minimum absolute atomic E-state index is 0.294. The molecule has 1 amide bonds. The molecule has 0 aromatic heterocycles. The van der Waals surface area contributed by atoms with Gasteiger partial charge in [-0.2, -0.15) is 5.10 Å². The summed E-state index contributed by atoms with van der Waals surface area (Å²) < 4.78 is 11.0. The summed E-state index contributed by atoms with van der Waals surface area (Å²) in [6, 6.07) is 12.3. The Labute approximate surface area is 137 Å². The van der Waals surface area contributed by atoms with Gasteiger partial charge in [-0.05, 0) is 42.5 Å². The van der Waals surface area contributed by atoms with Gasteiger partial charge in [-0.3, -0.25) is 4.79 Å². The topological polar surface area (TPSA) is 59.9 Å². The van der Waals surface area contributed by atoms with E-state index in [0.29, 0.717) is 17.1 Å². The quantitative estimate of drug-likeness (QED) is 0.656. The molecule has 2 rings (SSSR count). The average molecular weight is 363 g/mol. The first kappa shape index (κ1) is 16.0. The van der Waals surface area contributed by atoms with E-state index < -0.39 is 0 Å². The van der Waals surface area contributed by atoms with E-state index >= 15 is 0 Å². The van der Waals surface area contributed by atoms with Crippen molar-refractivity contribution in [2.24, 2.45) is 5.10 Å². The highest BCUT2D eigenvalue weighted by Crippen LogP contribution is 2.20. The number of hydrazone groups is 1. The Balaban J connectivity index is 2.03. The lowest BCUT2D eigenvalue weighted by Crippen LogP contribution is -2.17. The molecule has 0 unspecified atom stereocenters. The summed E-state index contributed by atoms with van der Waals surface area (Å²) in [5.74, 6) is 1.12. The molecule has 0 aliphatic carbocycles. The van der Waals surface area contributed by atoms with E-state index in [-0.39, 0.29) is 5.91 Å². The van der Waals surface area contributed by atoms with Crippen LogP contribution in [0.25, 0.3) is 0 Å². The van der Waals surface area contributed by atoms with Gasteiger partial charge in [0, 0.05) is 15.6 Å². The van der Waals surface area contributed by atoms with E-state index in [0.717, 1.165) is 10.0 Å². The minimum Gasteiger partial charge on any atom is -0.497 e. The van der Waals surface area contributed by atoms with Crippen LogP contribution in [0.3, 0.4) is 0 Å². The van der Waals surface area contributed by atoms with Crippen molar-refractivity contribution in [3.63, 3.8) is 0 Å². The molecule has 0 atom stereocenters. The fourth-order valence-electron chi connectivity index (χ4n) is 1.72. The van der Waals surface area contributed by atoms with Gasteiger partial charge in [0.25, 0.3) is 5.91 Å². The SMILES string of the molecule is COc1ccc(C(=O)N/N=C/c2cc(OC)ccc2Br)cc1. The molecule has 0 spiro atoms. The molecular weight excluding hydrogens is 348 g/mol. The van der Waals surface area contributed by atoms with Gasteiger partial charge in [-0.15, -0.1) is 0 Å². The van der Waals surface area contributed by atoms with Crippen molar-refractivity contribution in [2.75, 3.05) is 14.2 Å². The predicted molar refractivity (Wildman–Crippen MR) is 88.7 cm³/mol. The Bertz CT molecular complexity index is 684. The van der Waals surface area contributed by atoms with Gasteiger partial charge < -0.3 is 9.47 Å². The molecule has 0 saturated carbocycles. The first-order chi connectivity index (χ1) is 10.6. The van der Waals surface area contributed by atoms with Crippen molar-refractivity contribution < 1.29 is 14.3 Å². The summed E-state index contributed by atoms with van der Waals surface area (Å²) in [5.41, 5.74) is 3.78. The minimum atomic E-state index is -0.294. The van der Waals surface area contributed by atoms with Crippen molar-refractivity contribution in [3.8, 4) is 11.5 Å². The zero-order valence-electron chi connectivity index (χ0n) is 12.2. The summed E-state index contributed by atoms with van der Waals surface area (Å²) in [4.78, 5) is 11.9. The lowest BCUT2D eigenvalue weighted by molar-refractivity contribution is 0.0955. The molecular formula is C16H15BrN2O3. The van der Waals surface area contributed by atoms with Crippen LogP contribution in [-0.2, 0) is 0 Å². The van der Waals surface area contributed by atoms with E-state index in [1.807, 2.05) is 18.2 Å². The predicted octanol–water partition coefficient (Wildman–Crippen LogP) is 3.23. The number of rotatable bonds is 5. The van der Waals surface area contributed by atoms with E-state index in [1.165, 1.54) is 0 Å². The van der Waals surface area contributed by atoms with Gasteiger partial charge in [0.2, 0.25) is 0 Å². The van der Waals surface area contributed by atoms with Crippen LogP contribution in [0.5, 0.6) is 11.5 Å². The molecule has 22 heavy (non-hydrogen) atoms. The number of hydrogen-bond acceptors (Lipinski definition) is 4.